The molecule has 0 unspecified atom stereocenters. The lowest BCUT2D eigenvalue weighted by atomic mass is 10.1. The summed E-state index contributed by atoms with van der Waals surface area (Å²) in [5, 5.41) is 0. The second kappa shape index (κ2) is 6.33. The average Bonchev–Trinajstić information content (AvgIpc) is 3.24. The van der Waals surface area contributed by atoms with E-state index in [0.29, 0.717) is 11.3 Å². The first-order valence-electron chi connectivity index (χ1n) is 7.70. The van der Waals surface area contributed by atoms with Gasteiger partial charge in [-0.2, -0.15) is 0 Å². The second-order valence-electron chi connectivity index (χ2n) is 5.51. The number of halogens is 1. The number of allylic oxidation sites excluding steroid dienone is 1. The lowest BCUT2D eigenvalue weighted by Crippen LogP contribution is -2.08. The second-order valence-corrected chi connectivity index (χ2v) is 5.51. The maximum atomic E-state index is 12.9. The van der Waals surface area contributed by atoms with Crippen LogP contribution in [0.25, 0.3) is 6.08 Å². The van der Waals surface area contributed by atoms with Crippen LogP contribution in [0.2, 0.25) is 0 Å². The van der Waals surface area contributed by atoms with E-state index in [1.807, 2.05) is 0 Å². The van der Waals surface area contributed by atoms with Gasteiger partial charge < -0.3 is 13.9 Å². The minimum Gasteiger partial charge on any atom is -0.465 e. The molecule has 0 spiro atoms. The lowest BCUT2D eigenvalue weighted by molar-refractivity contribution is 0.0734. The molecule has 26 heavy (non-hydrogen) atoms. The predicted octanol–water partition coefficient (Wildman–Crippen LogP) is 4.25. The molecule has 6 heteroatoms. The highest BCUT2D eigenvalue weighted by atomic mass is 19.1. The number of carbonyl (C=O) groups excluding carboxylic acids is 2. The highest BCUT2D eigenvalue weighted by Crippen LogP contribution is 2.35. The number of furan rings is 1. The molecule has 4 rings (SSSR count). The smallest absolute Gasteiger partial charge is 0.343 e. The Morgan fingerprint density at radius 3 is 2.62 bits per heavy atom. The van der Waals surface area contributed by atoms with Crippen LogP contribution in [0.15, 0.2) is 71.0 Å². The van der Waals surface area contributed by atoms with Crippen molar-refractivity contribution >= 4 is 17.8 Å². The highest BCUT2D eigenvalue weighted by Gasteiger charge is 2.28. The summed E-state index contributed by atoms with van der Waals surface area (Å²) in [6.07, 6.45) is 2.98. The van der Waals surface area contributed by atoms with Crippen LogP contribution in [0, 0.1) is 5.82 Å². The molecule has 1 aliphatic rings. The quantitative estimate of drug-likeness (QED) is 0.401. The largest absolute Gasteiger partial charge is 0.465 e. The summed E-state index contributed by atoms with van der Waals surface area (Å²) in [4.78, 5) is 24.4. The van der Waals surface area contributed by atoms with Gasteiger partial charge in [0, 0.05) is 12.1 Å². The van der Waals surface area contributed by atoms with Gasteiger partial charge in [0.05, 0.1) is 17.4 Å². The highest BCUT2D eigenvalue weighted by molar-refractivity contribution is 6.14. The summed E-state index contributed by atoms with van der Waals surface area (Å²) >= 11 is 0. The van der Waals surface area contributed by atoms with Crippen LogP contribution >= 0.6 is 0 Å². The minimum atomic E-state index is -0.638. The van der Waals surface area contributed by atoms with Crippen LogP contribution in [0.3, 0.4) is 0 Å². The number of Topliss-reactive ketones (excluding diaryl/α,β-unsaturated/α-hetero) is 1. The van der Waals surface area contributed by atoms with Crippen molar-refractivity contribution in [1.82, 2.24) is 0 Å². The Morgan fingerprint density at radius 1 is 1.08 bits per heavy atom. The van der Waals surface area contributed by atoms with Crippen molar-refractivity contribution in [2.45, 2.75) is 0 Å². The van der Waals surface area contributed by atoms with Gasteiger partial charge in [-0.05, 0) is 48.5 Å². The van der Waals surface area contributed by atoms with Crippen LogP contribution in [-0.2, 0) is 0 Å². The third-order valence-electron chi connectivity index (χ3n) is 3.75. The van der Waals surface area contributed by atoms with Crippen LogP contribution in [0.4, 0.5) is 4.39 Å². The van der Waals surface area contributed by atoms with Gasteiger partial charge in [0.25, 0.3) is 0 Å². The topological polar surface area (TPSA) is 65.7 Å². The van der Waals surface area contributed by atoms with Crippen molar-refractivity contribution in [3.8, 4) is 11.5 Å². The summed E-state index contributed by atoms with van der Waals surface area (Å²) in [5.74, 6) is -0.251. The Balaban J connectivity index is 1.55. The predicted molar refractivity (Wildman–Crippen MR) is 89.4 cm³/mol. The van der Waals surface area contributed by atoms with Crippen molar-refractivity contribution in [1.29, 1.82) is 0 Å². The van der Waals surface area contributed by atoms with Crippen LogP contribution in [-0.4, -0.2) is 11.8 Å². The SMILES string of the molecule is O=C(Oc1ccc2c(c1)OC(=Cc1ccco1)C2=O)c1ccc(F)cc1. The van der Waals surface area contributed by atoms with E-state index in [1.54, 1.807) is 12.1 Å². The molecule has 0 N–H and O–H groups in total. The number of ketones is 1. The average molecular weight is 350 g/mol. The van der Waals surface area contributed by atoms with Gasteiger partial charge in [-0.3, -0.25) is 4.79 Å². The molecular weight excluding hydrogens is 339 g/mol. The monoisotopic (exact) mass is 350 g/mol. The number of hydrogen-bond donors (Lipinski definition) is 0. The van der Waals surface area contributed by atoms with Gasteiger partial charge in [0.2, 0.25) is 5.78 Å². The summed E-state index contributed by atoms with van der Waals surface area (Å²) in [6.45, 7) is 0. The van der Waals surface area contributed by atoms with E-state index in [9.17, 15) is 14.0 Å². The molecule has 0 saturated carbocycles. The Hall–Kier alpha value is -3.67. The summed E-state index contributed by atoms with van der Waals surface area (Å²) in [6, 6.07) is 12.9. The first kappa shape index (κ1) is 15.8. The van der Waals surface area contributed by atoms with Crippen molar-refractivity contribution in [3.05, 3.63) is 89.3 Å². The molecule has 2 heterocycles. The standard InChI is InChI=1S/C20H11FO5/c21-13-5-3-12(4-6-13)20(23)25-15-7-8-16-17(11-15)26-18(19(16)22)10-14-2-1-9-24-14/h1-11H. The van der Waals surface area contributed by atoms with Crippen molar-refractivity contribution in [2.24, 2.45) is 0 Å². The first-order valence-corrected chi connectivity index (χ1v) is 7.70. The maximum absolute atomic E-state index is 12.9. The third-order valence-corrected chi connectivity index (χ3v) is 3.75. The Labute approximate surface area is 147 Å². The number of ether oxygens (including phenoxy) is 2. The first-order chi connectivity index (χ1) is 12.6. The zero-order valence-electron chi connectivity index (χ0n) is 13.3. The van der Waals surface area contributed by atoms with Gasteiger partial charge in [-0.1, -0.05) is 0 Å². The molecule has 5 nitrogen and oxygen atoms in total. The Morgan fingerprint density at radius 2 is 1.88 bits per heavy atom. The number of hydrogen-bond acceptors (Lipinski definition) is 5. The molecule has 1 aliphatic heterocycles. The van der Waals surface area contributed by atoms with E-state index in [-0.39, 0.29) is 28.6 Å². The fourth-order valence-electron chi connectivity index (χ4n) is 2.49. The summed E-state index contributed by atoms with van der Waals surface area (Å²) in [7, 11) is 0. The van der Waals surface area contributed by atoms with Crippen molar-refractivity contribution in [3.63, 3.8) is 0 Å². The van der Waals surface area contributed by atoms with E-state index < -0.39 is 11.8 Å². The molecule has 3 aromatic rings. The van der Waals surface area contributed by atoms with E-state index in [1.165, 1.54) is 54.8 Å². The van der Waals surface area contributed by atoms with Gasteiger partial charge in [0.15, 0.2) is 5.76 Å². The Bertz CT molecular complexity index is 1020. The van der Waals surface area contributed by atoms with Gasteiger partial charge in [-0.25, -0.2) is 9.18 Å². The molecule has 0 atom stereocenters. The fourth-order valence-corrected chi connectivity index (χ4v) is 2.49. The number of carbonyl (C=O) groups is 2. The maximum Gasteiger partial charge on any atom is 0.343 e. The number of benzene rings is 2. The number of fused-ring (bicyclic) bond motifs is 1. The molecular formula is C20H11FO5. The van der Waals surface area contributed by atoms with E-state index in [2.05, 4.69) is 0 Å². The normalized spacial score (nSPS) is 14.2. The van der Waals surface area contributed by atoms with E-state index in [0.717, 1.165) is 0 Å². The van der Waals surface area contributed by atoms with Gasteiger partial charge >= 0.3 is 5.97 Å². The third kappa shape index (κ3) is 3.00. The molecule has 0 amide bonds. The lowest BCUT2D eigenvalue weighted by Gasteiger charge is -2.05. The number of esters is 1. The summed E-state index contributed by atoms with van der Waals surface area (Å²) in [5.41, 5.74) is 0.576. The molecule has 0 bridgehead atoms. The summed E-state index contributed by atoms with van der Waals surface area (Å²) < 4.78 is 28.9. The molecule has 128 valence electrons. The molecule has 0 aliphatic carbocycles. The fraction of sp³-hybridized carbons (Fsp3) is 0. The molecule has 0 fully saturated rings. The van der Waals surface area contributed by atoms with Crippen molar-refractivity contribution < 1.29 is 27.9 Å². The van der Waals surface area contributed by atoms with Gasteiger partial charge in [0.1, 0.15) is 23.1 Å². The van der Waals surface area contributed by atoms with Crippen molar-refractivity contribution in [2.75, 3.05) is 0 Å². The molecule has 0 radical (unpaired) electrons. The minimum absolute atomic E-state index is 0.122. The Kier molecular flexibility index (Phi) is 3.85. The van der Waals surface area contributed by atoms with Crippen LogP contribution < -0.4 is 9.47 Å². The molecule has 2 aromatic carbocycles. The van der Waals surface area contributed by atoms with E-state index >= 15 is 0 Å². The van der Waals surface area contributed by atoms with Crippen LogP contribution in [0.1, 0.15) is 26.5 Å². The number of rotatable bonds is 3. The molecule has 1 aromatic heterocycles. The van der Waals surface area contributed by atoms with Gasteiger partial charge in [-0.15, -0.1) is 0 Å². The molecule has 0 saturated heterocycles. The zero-order valence-corrected chi connectivity index (χ0v) is 13.3. The van der Waals surface area contributed by atoms with E-state index in [4.69, 9.17) is 13.9 Å². The van der Waals surface area contributed by atoms with Crippen LogP contribution in [0.5, 0.6) is 11.5 Å². The zero-order chi connectivity index (χ0) is 18.1.